The lowest BCUT2D eigenvalue weighted by molar-refractivity contribution is 0.0644. The Morgan fingerprint density at radius 3 is 2.26 bits per heavy atom. The van der Waals surface area contributed by atoms with Crippen molar-refractivity contribution in [2.24, 2.45) is 0 Å². The molecule has 1 saturated heterocycles. The Hall–Kier alpha value is -1.75. The maximum Gasteiger partial charge on any atom is 0.0685 e. The van der Waals surface area contributed by atoms with Gasteiger partial charge in [0.05, 0.1) is 18.7 Å². The normalized spacial score (nSPS) is 19.5. The van der Waals surface area contributed by atoms with Gasteiger partial charge < -0.3 is 9.64 Å². The highest BCUT2D eigenvalue weighted by Gasteiger charge is 2.35. The van der Waals surface area contributed by atoms with Crippen molar-refractivity contribution >= 4 is 40.5 Å². The molecule has 3 aromatic carbocycles. The molecule has 1 aliphatic heterocycles. The van der Waals surface area contributed by atoms with E-state index in [2.05, 4.69) is 46.2 Å². The van der Waals surface area contributed by atoms with Crippen LogP contribution in [0.2, 0.25) is 15.1 Å². The number of hydrogen-bond acceptors (Lipinski definition) is 3. The summed E-state index contributed by atoms with van der Waals surface area (Å²) < 4.78 is 5.60. The van der Waals surface area contributed by atoms with Gasteiger partial charge in [-0.25, -0.2) is 0 Å². The molecule has 1 fully saturated rings. The van der Waals surface area contributed by atoms with Crippen molar-refractivity contribution in [3.8, 4) is 0 Å². The van der Waals surface area contributed by atoms with Crippen LogP contribution in [0.25, 0.3) is 0 Å². The Morgan fingerprint density at radius 2 is 1.58 bits per heavy atom. The third kappa shape index (κ3) is 5.36. The maximum atomic E-state index is 6.67. The Bertz CT molecular complexity index is 997. The second-order valence-corrected chi connectivity index (χ2v) is 9.11. The SMILES string of the molecule is COC[C@H]1CN(c2ccc(Cl)cc2)[C@H](c2ccc(Cl)cc2Cl)CN1Cc1ccccc1. The van der Waals surface area contributed by atoms with E-state index in [1.54, 1.807) is 7.11 Å². The molecule has 0 bridgehead atoms. The van der Waals surface area contributed by atoms with E-state index in [0.29, 0.717) is 16.7 Å². The van der Waals surface area contributed by atoms with Crippen LogP contribution in [0.4, 0.5) is 5.69 Å². The van der Waals surface area contributed by atoms with Gasteiger partial charge in [-0.05, 0) is 47.5 Å². The Morgan fingerprint density at radius 1 is 0.871 bits per heavy atom. The molecule has 1 heterocycles. The number of methoxy groups -OCH3 is 1. The first kappa shape index (κ1) is 22.4. The first-order valence-corrected chi connectivity index (χ1v) is 11.4. The summed E-state index contributed by atoms with van der Waals surface area (Å²) in [6.07, 6.45) is 0. The van der Waals surface area contributed by atoms with Gasteiger partial charge in [-0.2, -0.15) is 0 Å². The van der Waals surface area contributed by atoms with Crippen molar-refractivity contribution in [3.63, 3.8) is 0 Å². The predicted octanol–water partition coefficient (Wildman–Crippen LogP) is 6.73. The van der Waals surface area contributed by atoms with Gasteiger partial charge in [-0.15, -0.1) is 0 Å². The van der Waals surface area contributed by atoms with Crippen molar-refractivity contribution in [3.05, 3.63) is 99.0 Å². The summed E-state index contributed by atoms with van der Waals surface area (Å²) in [6, 6.07) is 24.6. The van der Waals surface area contributed by atoms with E-state index in [1.165, 1.54) is 5.56 Å². The molecular weight excluding hydrogens is 451 g/mol. The highest BCUT2D eigenvalue weighted by molar-refractivity contribution is 6.35. The van der Waals surface area contributed by atoms with Crippen LogP contribution in [0, 0.1) is 0 Å². The largest absolute Gasteiger partial charge is 0.383 e. The summed E-state index contributed by atoms with van der Waals surface area (Å²) in [5, 5.41) is 2.04. The lowest BCUT2D eigenvalue weighted by Crippen LogP contribution is -2.56. The fourth-order valence-corrected chi connectivity index (χ4v) is 4.92. The van der Waals surface area contributed by atoms with Gasteiger partial charge in [0.25, 0.3) is 0 Å². The molecule has 0 N–H and O–H groups in total. The van der Waals surface area contributed by atoms with Gasteiger partial charge in [0.1, 0.15) is 0 Å². The highest BCUT2D eigenvalue weighted by Crippen LogP contribution is 2.37. The van der Waals surface area contributed by atoms with E-state index < -0.39 is 0 Å². The number of nitrogens with zero attached hydrogens (tertiary/aromatic N) is 2. The molecule has 4 rings (SSSR count). The number of ether oxygens (including phenoxy) is 1. The van der Waals surface area contributed by atoms with Crippen molar-refractivity contribution in [1.82, 2.24) is 4.90 Å². The van der Waals surface area contributed by atoms with Crippen LogP contribution in [0.15, 0.2) is 72.8 Å². The van der Waals surface area contributed by atoms with Gasteiger partial charge in [-0.3, -0.25) is 4.90 Å². The molecular formula is C25H25Cl3N2O. The minimum absolute atomic E-state index is 0.0720. The maximum absolute atomic E-state index is 6.67. The summed E-state index contributed by atoms with van der Waals surface area (Å²) in [5.74, 6) is 0. The van der Waals surface area contributed by atoms with Crippen LogP contribution in [0.3, 0.4) is 0 Å². The van der Waals surface area contributed by atoms with Crippen LogP contribution in [0.1, 0.15) is 17.2 Å². The zero-order chi connectivity index (χ0) is 21.8. The molecule has 3 nitrogen and oxygen atoms in total. The van der Waals surface area contributed by atoms with Gasteiger partial charge in [0, 0.05) is 47.5 Å². The molecule has 31 heavy (non-hydrogen) atoms. The average Bonchev–Trinajstić information content (AvgIpc) is 2.76. The van der Waals surface area contributed by atoms with Gasteiger partial charge in [0.15, 0.2) is 0 Å². The quantitative estimate of drug-likeness (QED) is 0.393. The Kier molecular flexibility index (Phi) is 7.42. The molecule has 2 atom stereocenters. The summed E-state index contributed by atoms with van der Waals surface area (Å²) >= 11 is 19.0. The molecule has 6 heteroatoms. The van der Waals surface area contributed by atoms with E-state index in [0.717, 1.165) is 35.9 Å². The number of benzene rings is 3. The molecule has 0 aliphatic carbocycles. The van der Waals surface area contributed by atoms with Crippen LogP contribution in [0.5, 0.6) is 0 Å². The number of rotatable bonds is 6. The molecule has 3 aromatic rings. The van der Waals surface area contributed by atoms with E-state index in [-0.39, 0.29) is 12.1 Å². The van der Waals surface area contributed by atoms with Gasteiger partial charge in [-0.1, -0.05) is 71.2 Å². The van der Waals surface area contributed by atoms with Crippen molar-refractivity contribution < 1.29 is 4.74 Å². The molecule has 0 saturated carbocycles. The van der Waals surface area contributed by atoms with Crippen LogP contribution < -0.4 is 4.90 Å². The van der Waals surface area contributed by atoms with Crippen LogP contribution in [-0.4, -0.2) is 37.7 Å². The average molecular weight is 476 g/mol. The fourth-order valence-electron chi connectivity index (χ4n) is 4.26. The zero-order valence-electron chi connectivity index (χ0n) is 17.3. The number of piperazine rings is 1. The fraction of sp³-hybridized carbons (Fsp3) is 0.280. The Balaban J connectivity index is 1.71. The summed E-state index contributed by atoms with van der Waals surface area (Å²) in [7, 11) is 1.76. The van der Waals surface area contributed by atoms with E-state index in [1.807, 2.05) is 36.4 Å². The Labute approximate surface area is 199 Å². The predicted molar refractivity (Wildman–Crippen MR) is 131 cm³/mol. The third-order valence-corrected chi connectivity index (χ3v) is 6.59. The van der Waals surface area contributed by atoms with Crippen molar-refractivity contribution in [1.29, 1.82) is 0 Å². The first-order chi connectivity index (χ1) is 15.0. The standard InChI is InChI=1S/C25H25Cl3N2O/c1-31-17-22-15-30(21-10-7-19(26)8-11-21)25(23-12-9-20(27)13-24(23)28)16-29(22)14-18-5-3-2-4-6-18/h2-13,22,25H,14-17H2,1H3/t22-,25+/m1/s1. The van der Waals surface area contributed by atoms with Gasteiger partial charge >= 0.3 is 0 Å². The monoisotopic (exact) mass is 474 g/mol. The summed E-state index contributed by atoms with van der Waals surface area (Å²) in [5.41, 5.74) is 3.46. The summed E-state index contributed by atoms with van der Waals surface area (Å²) in [6.45, 7) is 3.13. The zero-order valence-corrected chi connectivity index (χ0v) is 19.6. The molecule has 162 valence electrons. The van der Waals surface area contributed by atoms with E-state index in [9.17, 15) is 0 Å². The molecule has 0 spiro atoms. The highest BCUT2D eigenvalue weighted by atomic mass is 35.5. The molecule has 0 unspecified atom stereocenters. The van der Waals surface area contributed by atoms with E-state index in [4.69, 9.17) is 39.5 Å². The third-order valence-electron chi connectivity index (χ3n) is 5.77. The first-order valence-electron chi connectivity index (χ1n) is 10.3. The van der Waals surface area contributed by atoms with E-state index >= 15 is 0 Å². The lowest BCUT2D eigenvalue weighted by atomic mass is 9.97. The second-order valence-electron chi connectivity index (χ2n) is 7.83. The van der Waals surface area contributed by atoms with Crippen LogP contribution in [-0.2, 0) is 11.3 Å². The minimum Gasteiger partial charge on any atom is -0.383 e. The molecule has 0 aromatic heterocycles. The van der Waals surface area contributed by atoms with Crippen LogP contribution >= 0.6 is 34.8 Å². The minimum atomic E-state index is 0.0720. The molecule has 1 aliphatic rings. The number of anilines is 1. The van der Waals surface area contributed by atoms with Crippen molar-refractivity contribution in [2.75, 3.05) is 31.7 Å². The number of halogens is 3. The second kappa shape index (κ2) is 10.2. The topological polar surface area (TPSA) is 15.7 Å². The number of hydrogen-bond donors (Lipinski definition) is 0. The lowest BCUT2D eigenvalue weighted by Gasteiger charge is -2.48. The summed E-state index contributed by atoms with van der Waals surface area (Å²) in [4.78, 5) is 4.89. The van der Waals surface area contributed by atoms with Crippen molar-refractivity contribution in [2.45, 2.75) is 18.6 Å². The smallest absolute Gasteiger partial charge is 0.0685 e. The molecule has 0 amide bonds. The van der Waals surface area contributed by atoms with Gasteiger partial charge in [0.2, 0.25) is 0 Å². The molecule has 0 radical (unpaired) electrons.